The van der Waals surface area contributed by atoms with Crippen LogP contribution in [-0.4, -0.2) is 58.6 Å². The van der Waals surface area contributed by atoms with Crippen molar-refractivity contribution in [3.8, 4) is 23.0 Å². The van der Waals surface area contributed by atoms with E-state index >= 15 is 0 Å². The lowest BCUT2D eigenvalue weighted by molar-refractivity contribution is 0.114. The number of benzene rings is 2. The fourth-order valence-corrected chi connectivity index (χ4v) is 4.65. The number of anilines is 1. The molecule has 13 nitrogen and oxygen atoms in total. The Morgan fingerprint density at radius 2 is 1.68 bits per heavy atom. The zero-order valence-corrected chi connectivity index (χ0v) is 24.1. The lowest BCUT2D eigenvalue weighted by Gasteiger charge is -2.13. The summed E-state index contributed by atoms with van der Waals surface area (Å²) in [6.45, 7) is -0.405. The van der Waals surface area contributed by atoms with Crippen LogP contribution in [0.3, 0.4) is 0 Å². The summed E-state index contributed by atoms with van der Waals surface area (Å²) in [7, 11) is 6.24. The molecule has 5 aromatic rings. The topological polar surface area (TPSA) is 146 Å². The molecule has 0 atom stereocenters. The number of fused-ring (bicyclic) bond motifs is 1. The van der Waals surface area contributed by atoms with Crippen LogP contribution in [-0.2, 0) is 17.9 Å². The highest BCUT2D eigenvalue weighted by Crippen LogP contribution is 2.33. The van der Waals surface area contributed by atoms with Crippen molar-refractivity contribution in [2.45, 2.75) is 13.1 Å². The Morgan fingerprint density at radius 3 is 2.27 bits per heavy atom. The molecule has 0 unspecified atom stereocenters. The van der Waals surface area contributed by atoms with E-state index in [9.17, 15) is 23.2 Å². The molecule has 3 heterocycles. The van der Waals surface area contributed by atoms with Crippen LogP contribution in [0.4, 0.5) is 19.3 Å². The van der Waals surface area contributed by atoms with Crippen molar-refractivity contribution in [1.82, 2.24) is 29.7 Å². The molecule has 2 N–H and O–H groups in total. The minimum absolute atomic E-state index is 0.00402. The van der Waals surface area contributed by atoms with Crippen molar-refractivity contribution in [2.24, 2.45) is 0 Å². The molecule has 15 heteroatoms. The van der Waals surface area contributed by atoms with Crippen molar-refractivity contribution in [1.29, 1.82) is 0 Å². The van der Waals surface area contributed by atoms with E-state index in [1.807, 2.05) is 0 Å². The second kappa shape index (κ2) is 12.4. The molecular weight excluding hydrogens is 580 g/mol. The molecule has 0 fully saturated rings. The molecule has 0 aliphatic heterocycles. The second-order valence-corrected chi connectivity index (χ2v) is 9.81. The Morgan fingerprint density at radius 1 is 0.977 bits per heavy atom. The van der Waals surface area contributed by atoms with Gasteiger partial charge in [0.2, 0.25) is 11.6 Å². The van der Waals surface area contributed by atoms with Gasteiger partial charge < -0.3 is 19.4 Å². The minimum atomic E-state index is -0.954. The van der Waals surface area contributed by atoms with Crippen molar-refractivity contribution in [3.63, 3.8) is 0 Å². The molecule has 0 aliphatic rings. The number of methoxy groups -OCH3 is 1. The number of furan rings is 1. The number of halogens is 2. The van der Waals surface area contributed by atoms with E-state index in [1.54, 1.807) is 43.3 Å². The molecule has 3 aromatic heterocycles. The molecule has 2 aromatic carbocycles. The largest absolute Gasteiger partial charge is 0.480 e. The standard InChI is InChI=1S/C29H27F2N7O6/c1-36(2)14-19-24-26(39)38(22-12-13-23(42-3)34-33-22)29(41)37(15-18-20(30)6-5-7-21(18)31)27(24)44-25(19)16-8-10-17(11-9-16)32-28(40)35-43-4/h5-13H,14-15H2,1-4H3,(H2,32,35,40). The predicted octanol–water partition coefficient (Wildman–Crippen LogP) is 3.28. The van der Waals surface area contributed by atoms with Crippen molar-refractivity contribution < 1.29 is 27.6 Å². The molecule has 44 heavy (non-hydrogen) atoms. The number of carbonyl (C=O) groups excluding carboxylic acids is 1. The normalized spacial score (nSPS) is 11.2. The Hall–Kier alpha value is -5.41. The molecule has 0 saturated carbocycles. The van der Waals surface area contributed by atoms with Crippen LogP contribution in [0.2, 0.25) is 0 Å². The summed E-state index contributed by atoms with van der Waals surface area (Å²) in [5, 5.41) is 10.4. The average Bonchev–Trinajstić information content (AvgIpc) is 3.36. The first-order chi connectivity index (χ1) is 21.1. The van der Waals surface area contributed by atoms with Gasteiger partial charge in [0.25, 0.3) is 5.56 Å². The number of carbonyl (C=O) groups is 1. The van der Waals surface area contributed by atoms with Gasteiger partial charge in [-0.05, 0) is 56.6 Å². The van der Waals surface area contributed by atoms with Gasteiger partial charge in [0.15, 0.2) is 5.82 Å². The van der Waals surface area contributed by atoms with E-state index in [0.29, 0.717) is 16.8 Å². The van der Waals surface area contributed by atoms with Gasteiger partial charge in [-0.15, -0.1) is 10.2 Å². The SMILES string of the molecule is CONC(=O)Nc1ccc(-c2oc3c(c2CN(C)C)c(=O)n(-c2ccc(OC)nn2)c(=O)n3Cc2c(F)cccc2F)cc1. The van der Waals surface area contributed by atoms with E-state index in [2.05, 4.69) is 25.8 Å². The van der Waals surface area contributed by atoms with Crippen LogP contribution < -0.4 is 26.8 Å². The maximum absolute atomic E-state index is 14.8. The summed E-state index contributed by atoms with van der Waals surface area (Å²) in [5.74, 6) is -1.51. The smallest absolute Gasteiger partial charge is 0.343 e. The summed E-state index contributed by atoms with van der Waals surface area (Å²) in [6, 6.07) is 12.0. The Labute approximate surface area is 248 Å². The van der Waals surface area contributed by atoms with Crippen molar-refractivity contribution >= 4 is 22.8 Å². The van der Waals surface area contributed by atoms with Crippen LogP contribution in [0.25, 0.3) is 28.2 Å². The molecule has 0 spiro atoms. The summed E-state index contributed by atoms with van der Waals surface area (Å²) in [5.41, 5.74) is 1.18. The molecule has 228 valence electrons. The zero-order valence-electron chi connectivity index (χ0n) is 24.1. The summed E-state index contributed by atoms with van der Waals surface area (Å²) < 4.78 is 42.6. The van der Waals surface area contributed by atoms with Crippen LogP contribution in [0, 0.1) is 11.6 Å². The second-order valence-electron chi connectivity index (χ2n) is 9.81. The number of rotatable bonds is 9. The minimum Gasteiger partial charge on any atom is -0.480 e. The number of hydrogen-bond donors (Lipinski definition) is 2. The highest BCUT2D eigenvalue weighted by Gasteiger charge is 2.27. The number of nitrogens with zero attached hydrogens (tertiary/aromatic N) is 5. The molecule has 0 aliphatic carbocycles. The number of urea groups is 1. The number of hydrogen-bond acceptors (Lipinski definition) is 9. The number of ether oxygens (including phenoxy) is 1. The van der Waals surface area contributed by atoms with E-state index in [0.717, 1.165) is 21.3 Å². The first-order valence-electron chi connectivity index (χ1n) is 13.1. The number of amides is 2. The van der Waals surface area contributed by atoms with Crippen LogP contribution in [0.1, 0.15) is 11.1 Å². The van der Waals surface area contributed by atoms with Crippen molar-refractivity contribution in [2.75, 3.05) is 33.6 Å². The first kappa shape index (κ1) is 30.1. The fraction of sp³-hybridized carbons (Fsp3) is 0.207. The monoisotopic (exact) mass is 607 g/mol. The zero-order chi connectivity index (χ0) is 31.5. The predicted molar refractivity (Wildman–Crippen MR) is 156 cm³/mol. The highest BCUT2D eigenvalue weighted by molar-refractivity contribution is 5.89. The molecule has 5 rings (SSSR count). The third kappa shape index (κ3) is 5.77. The van der Waals surface area contributed by atoms with Gasteiger partial charge in [0.1, 0.15) is 22.8 Å². The van der Waals surface area contributed by atoms with Gasteiger partial charge in [-0.3, -0.25) is 14.2 Å². The summed E-state index contributed by atoms with van der Waals surface area (Å²) in [4.78, 5) is 46.2. The van der Waals surface area contributed by atoms with Crippen LogP contribution in [0.5, 0.6) is 5.88 Å². The molecule has 0 bridgehead atoms. The van der Waals surface area contributed by atoms with Crippen LogP contribution >= 0.6 is 0 Å². The third-order valence-electron chi connectivity index (χ3n) is 6.59. The van der Waals surface area contributed by atoms with Crippen molar-refractivity contribution in [3.05, 3.63) is 98.2 Å². The molecular formula is C29H27F2N7O6. The number of nitrogens with one attached hydrogen (secondary N) is 2. The van der Waals surface area contributed by atoms with E-state index in [-0.39, 0.29) is 35.1 Å². The van der Waals surface area contributed by atoms with E-state index < -0.39 is 41.0 Å². The Kier molecular flexibility index (Phi) is 8.50. The van der Waals surface area contributed by atoms with Gasteiger partial charge >= 0.3 is 11.7 Å². The maximum atomic E-state index is 14.8. The number of hydroxylamine groups is 1. The third-order valence-corrected chi connectivity index (χ3v) is 6.59. The quantitative estimate of drug-likeness (QED) is 0.241. The van der Waals surface area contributed by atoms with Gasteiger partial charge in [0.05, 0.1) is 20.8 Å². The fourth-order valence-electron chi connectivity index (χ4n) is 4.65. The maximum Gasteiger partial charge on any atom is 0.343 e. The Bertz CT molecular complexity index is 1930. The summed E-state index contributed by atoms with van der Waals surface area (Å²) >= 11 is 0. The Balaban J connectivity index is 1.79. The average molecular weight is 608 g/mol. The molecule has 0 radical (unpaired) electrons. The summed E-state index contributed by atoms with van der Waals surface area (Å²) in [6.07, 6.45) is 0. The highest BCUT2D eigenvalue weighted by atomic mass is 19.1. The lowest BCUT2D eigenvalue weighted by atomic mass is 10.1. The van der Waals surface area contributed by atoms with Gasteiger partial charge in [-0.25, -0.2) is 28.4 Å². The van der Waals surface area contributed by atoms with E-state index in [4.69, 9.17) is 9.15 Å². The van der Waals surface area contributed by atoms with Gasteiger partial charge in [0, 0.05) is 35.0 Å². The van der Waals surface area contributed by atoms with E-state index in [1.165, 1.54) is 32.4 Å². The number of aromatic nitrogens is 4. The van der Waals surface area contributed by atoms with Crippen LogP contribution in [0.15, 0.2) is 68.6 Å². The molecule has 2 amide bonds. The van der Waals surface area contributed by atoms with Gasteiger partial charge in [-0.2, -0.15) is 0 Å². The molecule has 0 saturated heterocycles. The van der Waals surface area contributed by atoms with Gasteiger partial charge in [-0.1, -0.05) is 6.07 Å². The lowest BCUT2D eigenvalue weighted by Crippen LogP contribution is -2.40. The first-order valence-corrected chi connectivity index (χ1v) is 13.1.